The highest BCUT2D eigenvalue weighted by Crippen LogP contribution is 2.53. The number of fused-ring (bicyclic) bond motifs is 1. The van der Waals surface area contributed by atoms with Crippen molar-refractivity contribution in [3.05, 3.63) is 0 Å². The summed E-state index contributed by atoms with van der Waals surface area (Å²) in [5.74, 6) is 0. The Balaban J connectivity index is 2.18. The van der Waals surface area contributed by atoms with E-state index in [9.17, 15) is 16.8 Å². The molecule has 0 aromatic rings. The highest BCUT2D eigenvalue weighted by molar-refractivity contribution is 8.14. The first kappa shape index (κ1) is 12.9. The molecule has 2 unspecified atom stereocenters. The van der Waals surface area contributed by atoms with Gasteiger partial charge in [-0.05, 0) is 25.7 Å². The van der Waals surface area contributed by atoms with E-state index in [4.69, 9.17) is 0 Å². The maximum absolute atomic E-state index is 12.7. The average molecular weight is 292 g/mol. The normalized spacial score (nSPS) is 40.4. The third-order valence-corrected chi connectivity index (χ3v) is 12.3. The van der Waals surface area contributed by atoms with Crippen molar-refractivity contribution in [1.29, 1.82) is 0 Å². The summed E-state index contributed by atoms with van der Waals surface area (Å²) in [6.07, 6.45) is 5.91. The summed E-state index contributed by atoms with van der Waals surface area (Å²) in [5, 5.41) is -1.20. The van der Waals surface area contributed by atoms with E-state index in [1.54, 1.807) is 0 Å². The van der Waals surface area contributed by atoms with E-state index in [1.807, 2.05) is 0 Å². The molecule has 3 fully saturated rings. The van der Waals surface area contributed by atoms with Crippen LogP contribution in [-0.2, 0) is 19.7 Å². The Morgan fingerprint density at radius 2 is 1.11 bits per heavy atom. The lowest BCUT2D eigenvalue weighted by molar-refractivity contribution is 0.440. The molecule has 3 rings (SSSR count). The second-order valence-corrected chi connectivity index (χ2v) is 11.1. The molecule has 4 nitrogen and oxygen atoms in total. The zero-order valence-corrected chi connectivity index (χ0v) is 12.1. The Bertz CT molecular complexity index is 497. The van der Waals surface area contributed by atoms with Crippen molar-refractivity contribution >= 4 is 19.7 Å². The van der Waals surface area contributed by atoms with Crippen LogP contribution in [0.4, 0.5) is 0 Å². The number of hydrogen-bond acceptors (Lipinski definition) is 4. The Hall–Kier alpha value is -0.100. The summed E-state index contributed by atoms with van der Waals surface area (Å²) in [5.41, 5.74) is 0. The van der Waals surface area contributed by atoms with Crippen LogP contribution in [0.2, 0.25) is 0 Å². The van der Waals surface area contributed by atoms with Crippen LogP contribution in [0, 0.1) is 0 Å². The molecule has 0 N–H and O–H groups in total. The molecule has 1 spiro atoms. The van der Waals surface area contributed by atoms with Gasteiger partial charge in [0.15, 0.2) is 23.8 Å². The largest absolute Gasteiger partial charge is 0.227 e. The Kier molecular flexibility index (Phi) is 2.83. The quantitative estimate of drug-likeness (QED) is 0.683. The lowest BCUT2D eigenvalue weighted by Gasteiger charge is -2.31. The monoisotopic (exact) mass is 292 g/mol. The first-order valence-electron chi connectivity index (χ1n) is 6.90. The molecule has 0 aromatic heterocycles. The lowest BCUT2D eigenvalue weighted by Crippen LogP contribution is -2.44. The van der Waals surface area contributed by atoms with Gasteiger partial charge in [0.05, 0.1) is 10.5 Å². The van der Waals surface area contributed by atoms with Crippen molar-refractivity contribution in [3.8, 4) is 0 Å². The van der Waals surface area contributed by atoms with E-state index in [1.165, 1.54) is 0 Å². The molecule has 6 heteroatoms. The van der Waals surface area contributed by atoms with Crippen molar-refractivity contribution in [3.63, 3.8) is 0 Å². The van der Waals surface area contributed by atoms with Gasteiger partial charge in [-0.25, -0.2) is 16.8 Å². The summed E-state index contributed by atoms with van der Waals surface area (Å²) in [7, 11) is -7.01. The minimum absolute atomic E-state index is 0.338. The standard InChI is InChI=1S/C12H20O4S2/c13-17(14)10-6-2-3-7-11(10)18(15,16)12(17)8-4-1-5-9-12/h10-11H,1-9H2. The van der Waals surface area contributed by atoms with Gasteiger partial charge in [0, 0.05) is 0 Å². The molecule has 2 aliphatic carbocycles. The zero-order valence-electron chi connectivity index (χ0n) is 10.5. The summed E-state index contributed by atoms with van der Waals surface area (Å²) in [6.45, 7) is 0. The lowest BCUT2D eigenvalue weighted by atomic mass is 10.00. The molecule has 1 saturated heterocycles. The molecule has 18 heavy (non-hydrogen) atoms. The van der Waals surface area contributed by atoms with Gasteiger partial charge in [0.1, 0.15) is 0 Å². The van der Waals surface area contributed by atoms with E-state index in [0.717, 1.165) is 32.1 Å². The van der Waals surface area contributed by atoms with E-state index >= 15 is 0 Å². The highest BCUT2D eigenvalue weighted by atomic mass is 32.3. The zero-order chi connectivity index (χ0) is 13.0. The topological polar surface area (TPSA) is 68.3 Å². The Labute approximate surface area is 109 Å². The minimum Gasteiger partial charge on any atom is -0.227 e. The maximum Gasteiger partial charge on any atom is 0.174 e. The van der Waals surface area contributed by atoms with Crippen LogP contribution in [0.1, 0.15) is 57.8 Å². The fraction of sp³-hybridized carbons (Fsp3) is 1.00. The molecule has 0 bridgehead atoms. The minimum atomic E-state index is -3.51. The number of rotatable bonds is 0. The van der Waals surface area contributed by atoms with Crippen molar-refractivity contribution in [2.45, 2.75) is 72.4 Å². The SMILES string of the molecule is O=S1(=O)C2CCCCC2S(=O)(=O)C12CCCCC2. The van der Waals surface area contributed by atoms with Gasteiger partial charge in [0.2, 0.25) is 0 Å². The molecular weight excluding hydrogens is 272 g/mol. The van der Waals surface area contributed by atoms with Crippen LogP contribution in [0.25, 0.3) is 0 Å². The second kappa shape index (κ2) is 3.95. The number of sulfone groups is 2. The molecule has 0 aromatic carbocycles. The van der Waals surface area contributed by atoms with E-state index in [0.29, 0.717) is 25.7 Å². The van der Waals surface area contributed by atoms with Crippen molar-refractivity contribution < 1.29 is 16.8 Å². The predicted octanol–water partition coefficient (Wildman–Crippen LogP) is 1.80. The molecule has 0 amide bonds. The average Bonchev–Trinajstić information content (AvgIpc) is 2.50. The van der Waals surface area contributed by atoms with Gasteiger partial charge in [0.25, 0.3) is 0 Å². The van der Waals surface area contributed by atoms with Gasteiger partial charge >= 0.3 is 0 Å². The van der Waals surface area contributed by atoms with Crippen LogP contribution in [0.5, 0.6) is 0 Å². The van der Waals surface area contributed by atoms with Gasteiger partial charge in [-0.15, -0.1) is 0 Å². The van der Waals surface area contributed by atoms with Crippen molar-refractivity contribution in [2.75, 3.05) is 0 Å². The van der Waals surface area contributed by atoms with Crippen LogP contribution >= 0.6 is 0 Å². The first-order valence-corrected chi connectivity index (χ1v) is 10.00. The van der Waals surface area contributed by atoms with Crippen molar-refractivity contribution in [2.24, 2.45) is 0 Å². The van der Waals surface area contributed by atoms with Crippen LogP contribution in [-0.4, -0.2) is 31.4 Å². The molecule has 2 atom stereocenters. The fourth-order valence-electron chi connectivity index (χ4n) is 4.15. The summed E-state index contributed by atoms with van der Waals surface area (Å²) >= 11 is 0. The molecule has 1 aliphatic heterocycles. The van der Waals surface area contributed by atoms with Crippen molar-refractivity contribution in [1.82, 2.24) is 0 Å². The van der Waals surface area contributed by atoms with Gasteiger partial charge in [-0.1, -0.05) is 32.1 Å². The smallest absolute Gasteiger partial charge is 0.174 e. The molecule has 2 saturated carbocycles. The van der Waals surface area contributed by atoms with E-state index in [-0.39, 0.29) is 0 Å². The Morgan fingerprint density at radius 3 is 1.56 bits per heavy atom. The first-order chi connectivity index (χ1) is 8.43. The molecule has 3 aliphatic rings. The number of hydrogen-bond donors (Lipinski definition) is 0. The molecule has 104 valence electrons. The van der Waals surface area contributed by atoms with Crippen LogP contribution < -0.4 is 0 Å². The van der Waals surface area contributed by atoms with E-state index in [2.05, 4.69) is 0 Å². The Morgan fingerprint density at radius 1 is 0.667 bits per heavy atom. The van der Waals surface area contributed by atoms with Gasteiger partial charge in [-0.2, -0.15) is 0 Å². The third-order valence-electron chi connectivity index (χ3n) is 5.09. The van der Waals surface area contributed by atoms with E-state index < -0.39 is 34.3 Å². The van der Waals surface area contributed by atoms with Crippen LogP contribution in [0.15, 0.2) is 0 Å². The fourth-order valence-corrected chi connectivity index (χ4v) is 11.9. The highest BCUT2D eigenvalue weighted by Gasteiger charge is 2.68. The summed E-state index contributed by atoms with van der Waals surface area (Å²) in [6, 6.07) is 0. The molecular formula is C12H20O4S2. The van der Waals surface area contributed by atoms with Gasteiger partial charge in [-0.3, -0.25) is 0 Å². The predicted molar refractivity (Wildman–Crippen MR) is 69.7 cm³/mol. The summed E-state index contributed by atoms with van der Waals surface area (Å²) in [4.78, 5) is 0. The second-order valence-electron chi connectivity index (χ2n) is 5.92. The van der Waals surface area contributed by atoms with Gasteiger partial charge < -0.3 is 0 Å². The maximum atomic E-state index is 12.7. The third kappa shape index (κ3) is 1.36. The molecule has 1 heterocycles. The molecule has 0 radical (unpaired) electrons. The van der Waals surface area contributed by atoms with Crippen LogP contribution in [0.3, 0.4) is 0 Å². The summed E-state index contributed by atoms with van der Waals surface area (Å²) < 4.78 is 49.6.